The summed E-state index contributed by atoms with van der Waals surface area (Å²) in [6, 6.07) is 0.617. The molecule has 0 aliphatic carbocycles. The zero-order valence-corrected chi connectivity index (χ0v) is 10.1. The molecule has 2 N–H and O–H groups in total. The highest BCUT2D eigenvalue weighted by Gasteiger charge is 2.21. The second kappa shape index (κ2) is 5.77. The predicted octanol–water partition coefficient (Wildman–Crippen LogP) is -0.0751. The van der Waals surface area contributed by atoms with Gasteiger partial charge < -0.3 is 10.6 Å². The van der Waals surface area contributed by atoms with Gasteiger partial charge in [0.25, 0.3) is 0 Å². The van der Waals surface area contributed by atoms with Crippen LogP contribution in [0.4, 0.5) is 0 Å². The normalized spacial score (nSPS) is 24.5. The SMILES string of the molecule is CC1NCCCC1NC(=O)CCn1ccnn1. The number of rotatable bonds is 4. The molecule has 6 heteroatoms. The molecule has 2 heterocycles. The topological polar surface area (TPSA) is 71.8 Å². The summed E-state index contributed by atoms with van der Waals surface area (Å²) in [5.41, 5.74) is 0. The van der Waals surface area contributed by atoms with Gasteiger partial charge in [-0.15, -0.1) is 5.10 Å². The average Bonchev–Trinajstić information content (AvgIpc) is 2.82. The fourth-order valence-electron chi connectivity index (χ4n) is 2.09. The van der Waals surface area contributed by atoms with E-state index < -0.39 is 0 Å². The first-order chi connectivity index (χ1) is 8.25. The number of hydrogen-bond acceptors (Lipinski definition) is 4. The van der Waals surface area contributed by atoms with Crippen molar-refractivity contribution in [1.29, 1.82) is 0 Å². The van der Waals surface area contributed by atoms with Gasteiger partial charge in [-0.3, -0.25) is 9.48 Å². The maximum Gasteiger partial charge on any atom is 0.222 e. The van der Waals surface area contributed by atoms with Crippen LogP contribution in [-0.4, -0.2) is 39.5 Å². The van der Waals surface area contributed by atoms with Crippen LogP contribution in [-0.2, 0) is 11.3 Å². The third-order valence-electron chi connectivity index (χ3n) is 3.15. The fourth-order valence-corrected chi connectivity index (χ4v) is 2.09. The highest BCUT2D eigenvalue weighted by molar-refractivity contribution is 5.76. The Bertz CT molecular complexity index is 351. The van der Waals surface area contributed by atoms with Crippen LogP contribution in [0.5, 0.6) is 0 Å². The molecule has 2 atom stereocenters. The van der Waals surface area contributed by atoms with Crippen molar-refractivity contribution in [2.45, 2.75) is 44.8 Å². The lowest BCUT2D eigenvalue weighted by Crippen LogP contribution is -2.52. The predicted molar refractivity (Wildman–Crippen MR) is 63.3 cm³/mol. The van der Waals surface area contributed by atoms with Crippen molar-refractivity contribution in [3.05, 3.63) is 12.4 Å². The van der Waals surface area contributed by atoms with Gasteiger partial charge in [0, 0.05) is 24.7 Å². The maximum atomic E-state index is 11.8. The molecule has 1 saturated heterocycles. The summed E-state index contributed by atoms with van der Waals surface area (Å²) in [5, 5.41) is 14.0. The number of carbonyl (C=O) groups is 1. The third-order valence-corrected chi connectivity index (χ3v) is 3.15. The van der Waals surface area contributed by atoms with Crippen molar-refractivity contribution in [1.82, 2.24) is 25.6 Å². The van der Waals surface area contributed by atoms with E-state index in [1.54, 1.807) is 17.1 Å². The Balaban J connectivity index is 1.73. The molecule has 1 fully saturated rings. The molecule has 1 aromatic heterocycles. The van der Waals surface area contributed by atoms with Crippen LogP contribution in [0.1, 0.15) is 26.2 Å². The van der Waals surface area contributed by atoms with Crippen LogP contribution in [0.2, 0.25) is 0 Å². The molecule has 0 bridgehead atoms. The number of nitrogens with zero attached hydrogens (tertiary/aromatic N) is 3. The molecular formula is C11H19N5O. The maximum absolute atomic E-state index is 11.8. The number of aromatic nitrogens is 3. The van der Waals surface area contributed by atoms with E-state index in [1.807, 2.05) is 0 Å². The Hall–Kier alpha value is -1.43. The molecule has 1 aromatic rings. The summed E-state index contributed by atoms with van der Waals surface area (Å²) in [6.45, 7) is 3.74. The molecule has 0 radical (unpaired) electrons. The number of piperidine rings is 1. The minimum atomic E-state index is 0.0843. The number of amides is 1. The van der Waals surface area contributed by atoms with Crippen molar-refractivity contribution in [2.75, 3.05) is 6.54 Å². The largest absolute Gasteiger partial charge is 0.352 e. The molecule has 2 rings (SSSR count). The van der Waals surface area contributed by atoms with E-state index in [1.165, 1.54) is 0 Å². The van der Waals surface area contributed by atoms with Crippen LogP contribution in [0.25, 0.3) is 0 Å². The van der Waals surface area contributed by atoms with Crippen molar-refractivity contribution in [2.24, 2.45) is 0 Å². The highest BCUT2D eigenvalue weighted by Crippen LogP contribution is 2.08. The van der Waals surface area contributed by atoms with E-state index in [2.05, 4.69) is 27.9 Å². The average molecular weight is 237 g/mol. The summed E-state index contributed by atoms with van der Waals surface area (Å²) < 4.78 is 1.67. The first kappa shape index (κ1) is 12.0. The summed E-state index contributed by atoms with van der Waals surface area (Å²) in [4.78, 5) is 11.8. The molecule has 0 saturated carbocycles. The lowest BCUT2D eigenvalue weighted by atomic mass is 10.00. The summed E-state index contributed by atoms with van der Waals surface area (Å²) in [7, 11) is 0. The van der Waals surface area contributed by atoms with E-state index >= 15 is 0 Å². The molecule has 17 heavy (non-hydrogen) atoms. The number of aryl methyl sites for hydroxylation is 1. The summed E-state index contributed by atoms with van der Waals surface area (Å²) in [6.07, 6.45) is 6.01. The molecule has 2 unspecified atom stereocenters. The summed E-state index contributed by atoms with van der Waals surface area (Å²) in [5.74, 6) is 0.0843. The molecule has 6 nitrogen and oxygen atoms in total. The smallest absolute Gasteiger partial charge is 0.222 e. The monoisotopic (exact) mass is 237 g/mol. The van der Waals surface area contributed by atoms with Gasteiger partial charge in [-0.05, 0) is 26.3 Å². The molecular weight excluding hydrogens is 218 g/mol. The van der Waals surface area contributed by atoms with E-state index in [0.29, 0.717) is 19.0 Å². The minimum absolute atomic E-state index is 0.0843. The lowest BCUT2D eigenvalue weighted by molar-refractivity contribution is -0.122. The van der Waals surface area contributed by atoms with Gasteiger partial charge in [-0.2, -0.15) is 0 Å². The molecule has 94 valence electrons. The van der Waals surface area contributed by atoms with Gasteiger partial charge >= 0.3 is 0 Å². The third kappa shape index (κ3) is 3.52. The van der Waals surface area contributed by atoms with Crippen molar-refractivity contribution >= 4 is 5.91 Å². The molecule has 0 spiro atoms. The molecule has 1 aliphatic heterocycles. The zero-order chi connectivity index (χ0) is 12.1. The van der Waals surface area contributed by atoms with Gasteiger partial charge in [0.2, 0.25) is 5.91 Å². The van der Waals surface area contributed by atoms with Crippen LogP contribution < -0.4 is 10.6 Å². The van der Waals surface area contributed by atoms with Crippen LogP contribution >= 0.6 is 0 Å². The van der Waals surface area contributed by atoms with Crippen molar-refractivity contribution < 1.29 is 4.79 Å². The van der Waals surface area contributed by atoms with Crippen molar-refractivity contribution in [3.8, 4) is 0 Å². The molecule has 0 aromatic carbocycles. The number of carbonyl (C=O) groups excluding carboxylic acids is 1. The highest BCUT2D eigenvalue weighted by atomic mass is 16.1. The Morgan fingerprint density at radius 1 is 1.65 bits per heavy atom. The van der Waals surface area contributed by atoms with Gasteiger partial charge in [-0.1, -0.05) is 5.21 Å². The Kier molecular flexibility index (Phi) is 4.08. The Morgan fingerprint density at radius 3 is 3.24 bits per heavy atom. The van der Waals surface area contributed by atoms with E-state index in [9.17, 15) is 4.79 Å². The number of nitrogens with one attached hydrogen (secondary N) is 2. The molecule has 1 aliphatic rings. The quantitative estimate of drug-likeness (QED) is 0.768. The van der Waals surface area contributed by atoms with Gasteiger partial charge in [0.05, 0.1) is 12.7 Å². The Morgan fingerprint density at radius 2 is 2.53 bits per heavy atom. The second-order valence-corrected chi connectivity index (χ2v) is 4.48. The first-order valence-electron chi connectivity index (χ1n) is 6.12. The Labute approximate surface area is 101 Å². The van der Waals surface area contributed by atoms with E-state index in [0.717, 1.165) is 19.4 Å². The van der Waals surface area contributed by atoms with Crippen LogP contribution in [0, 0.1) is 0 Å². The van der Waals surface area contributed by atoms with Gasteiger partial charge in [-0.25, -0.2) is 0 Å². The number of hydrogen-bond donors (Lipinski definition) is 2. The van der Waals surface area contributed by atoms with E-state index in [4.69, 9.17) is 0 Å². The minimum Gasteiger partial charge on any atom is -0.352 e. The zero-order valence-electron chi connectivity index (χ0n) is 10.1. The van der Waals surface area contributed by atoms with Gasteiger partial charge in [0.15, 0.2) is 0 Å². The standard InChI is InChI=1S/C11H19N5O/c1-9-10(3-2-5-12-9)14-11(17)4-7-16-8-6-13-15-16/h6,8-10,12H,2-5,7H2,1H3,(H,14,17). The first-order valence-corrected chi connectivity index (χ1v) is 6.12. The van der Waals surface area contributed by atoms with Crippen molar-refractivity contribution in [3.63, 3.8) is 0 Å². The van der Waals surface area contributed by atoms with Crippen LogP contribution in [0.3, 0.4) is 0 Å². The lowest BCUT2D eigenvalue weighted by Gasteiger charge is -2.30. The van der Waals surface area contributed by atoms with E-state index in [-0.39, 0.29) is 11.9 Å². The second-order valence-electron chi connectivity index (χ2n) is 4.48. The summed E-state index contributed by atoms with van der Waals surface area (Å²) >= 11 is 0. The van der Waals surface area contributed by atoms with Crippen LogP contribution in [0.15, 0.2) is 12.4 Å². The fraction of sp³-hybridized carbons (Fsp3) is 0.727. The van der Waals surface area contributed by atoms with Gasteiger partial charge in [0.1, 0.15) is 0 Å². The molecule has 1 amide bonds.